The second kappa shape index (κ2) is 10.6. The first-order chi connectivity index (χ1) is 14.9. The molecule has 3 unspecified atom stereocenters. The molecule has 0 radical (unpaired) electrons. The zero-order chi connectivity index (χ0) is 20.6. The average molecular weight is 403 g/mol. The molecule has 2 aromatic rings. The molecule has 0 saturated carbocycles. The summed E-state index contributed by atoms with van der Waals surface area (Å²) < 4.78 is 0. The summed E-state index contributed by atoms with van der Waals surface area (Å²) in [6.45, 7) is 5.35. The van der Waals surface area contributed by atoms with Gasteiger partial charge in [0.25, 0.3) is 0 Å². The van der Waals surface area contributed by atoms with Crippen molar-refractivity contribution in [1.29, 1.82) is 0 Å². The predicted octanol–water partition coefficient (Wildman–Crippen LogP) is 4.76. The highest BCUT2D eigenvalue weighted by molar-refractivity contribution is 6.12. The van der Waals surface area contributed by atoms with E-state index in [2.05, 4.69) is 78.4 Å². The summed E-state index contributed by atoms with van der Waals surface area (Å²) in [6, 6.07) is 19.6. The Morgan fingerprint density at radius 3 is 2.57 bits per heavy atom. The van der Waals surface area contributed by atoms with Gasteiger partial charge < -0.3 is 5.32 Å². The number of benzene rings is 2. The minimum absolute atomic E-state index is 0.155. The van der Waals surface area contributed by atoms with E-state index < -0.39 is 0 Å². The van der Waals surface area contributed by atoms with Gasteiger partial charge in [0.1, 0.15) is 0 Å². The van der Waals surface area contributed by atoms with Crippen LogP contribution in [-0.4, -0.2) is 37.9 Å². The Hall–Kier alpha value is -2.30. The molecule has 4 rings (SSSR count). The maximum atomic E-state index is 5.02. The van der Waals surface area contributed by atoms with Gasteiger partial charge in [-0.05, 0) is 43.5 Å². The number of fused-ring (bicyclic) bond motifs is 3. The van der Waals surface area contributed by atoms with Crippen LogP contribution in [0.1, 0.15) is 61.6 Å². The molecule has 0 bridgehead atoms. The van der Waals surface area contributed by atoms with Gasteiger partial charge in [0.05, 0.1) is 5.71 Å². The first kappa shape index (κ1) is 21.0. The number of nitrogens with zero attached hydrogens (tertiary/aromatic N) is 2. The summed E-state index contributed by atoms with van der Waals surface area (Å²) in [6.07, 6.45) is 7.98. The van der Waals surface area contributed by atoms with Crippen molar-refractivity contribution >= 4 is 11.9 Å². The molecule has 1 aliphatic heterocycles. The maximum absolute atomic E-state index is 5.02. The van der Waals surface area contributed by atoms with Gasteiger partial charge in [0, 0.05) is 30.2 Å². The van der Waals surface area contributed by atoms with Crippen molar-refractivity contribution in [3.63, 3.8) is 0 Å². The van der Waals surface area contributed by atoms with Crippen molar-refractivity contribution in [2.75, 3.05) is 19.6 Å². The molecule has 2 aliphatic rings. The number of rotatable bonds is 10. The summed E-state index contributed by atoms with van der Waals surface area (Å²) >= 11 is 0. The third kappa shape index (κ3) is 5.05. The van der Waals surface area contributed by atoms with Crippen LogP contribution < -0.4 is 10.6 Å². The van der Waals surface area contributed by atoms with E-state index in [-0.39, 0.29) is 6.29 Å². The van der Waals surface area contributed by atoms with Crippen molar-refractivity contribution in [3.8, 4) is 0 Å². The quantitative estimate of drug-likeness (QED) is 0.563. The minimum Gasteiger partial charge on any atom is -0.317 e. The van der Waals surface area contributed by atoms with Crippen LogP contribution in [0.4, 0.5) is 0 Å². The van der Waals surface area contributed by atoms with Crippen molar-refractivity contribution in [2.45, 2.75) is 51.2 Å². The summed E-state index contributed by atoms with van der Waals surface area (Å²) in [5, 5.41) is 7.03. The van der Waals surface area contributed by atoms with Crippen molar-refractivity contribution in [2.24, 2.45) is 15.9 Å². The second-order valence-corrected chi connectivity index (χ2v) is 8.34. The highest BCUT2D eigenvalue weighted by Crippen LogP contribution is 2.39. The monoisotopic (exact) mass is 402 g/mol. The van der Waals surface area contributed by atoms with Crippen LogP contribution in [0.5, 0.6) is 0 Å². The molecule has 4 heteroatoms. The third-order valence-electron chi connectivity index (χ3n) is 6.14. The Bertz CT molecular complexity index is 858. The van der Waals surface area contributed by atoms with Gasteiger partial charge in [-0.15, -0.1) is 0 Å². The largest absolute Gasteiger partial charge is 0.317 e. The lowest BCUT2D eigenvalue weighted by atomic mass is 9.73. The summed E-state index contributed by atoms with van der Waals surface area (Å²) in [7, 11) is 0. The summed E-state index contributed by atoms with van der Waals surface area (Å²) in [4.78, 5) is 9.75. The van der Waals surface area contributed by atoms with Crippen molar-refractivity contribution < 1.29 is 0 Å². The maximum Gasteiger partial charge on any atom is 0.193 e. The highest BCUT2D eigenvalue weighted by atomic mass is 15.2. The molecule has 158 valence electrons. The first-order valence-corrected chi connectivity index (χ1v) is 11.6. The molecular weight excluding hydrogens is 368 g/mol. The molecule has 2 N–H and O–H groups in total. The zero-order valence-corrected chi connectivity index (χ0v) is 18.1. The van der Waals surface area contributed by atoms with Gasteiger partial charge >= 0.3 is 0 Å². The Morgan fingerprint density at radius 1 is 0.900 bits per heavy atom. The molecule has 0 spiro atoms. The molecule has 30 heavy (non-hydrogen) atoms. The van der Waals surface area contributed by atoms with Crippen molar-refractivity contribution in [3.05, 3.63) is 71.3 Å². The fraction of sp³-hybridized carbons (Fsp3) is 0.462. The Kier molecular flexibility index (Phi) is 7.44. The molecule has 0 aromatic heterocycles. The second-order valence-electron chi connectivity index (χ2n) is 8.34. The fourth-order valence-electron chi connectivity index (χ4n) is 4.54. The number of unbranched alkanes of at least 4 members (excludes halogenated alkanes) is 2. The van der Waals surface area contributed by atoms with E-state index in [1.54, 1.807) is 0 Å². The van der Waals surface area contributed by atoms with E-state index in [4.69, 9.17) is 9.98 Å². The summed E-state index contributed by atoms with van der Waals surface area (Å²) in [5.74, 6) is 0.699. The van der Waals surface area contributed by atoms with Crippen molar-refractivity contribution in [1.82, 2.24) is 10.6 Å². The van der Waals surface area contributed by atoms with Gasteiger partial charge in [-0.2, -0.15) is 0 Å². The zero-order valence-electron chi connectivity index (χ0n) is 18.1. The minimum atomic E-state index is -0.155. The molecule has 3 atom stereocenters. The SMILES string of the molecule is CCCCCNCCCNC1N=CC2CC(c3ccccc3)c3ccccc3C2=N1. The Balaban J connectivity index is 1.38. The normalized spacial score (nSPS) is 22.3. The van der Waals surface area contributed by atoms with Gasteiger partial charge in [-0.1, -0.05) is 74.4 Å². The van der Waals surface area contributed by atoms with E-state index in [1.165, 1.54) is 41.7 Å². The van der Waals surface area contributed by atoms with Crippen LogP contribution in [0, 0.1) is 5.92 Å². The topological polar surface area (TPSA) is 48.8 Å². The first-order valence-electron chi connectivity index (χ1n) is 11.6. The van der Waals surface area contributed by atoms with E-state index in [0.29, 0.717) is 11.8 Å². The van der Waals surface area contributed by atoms with Crippen LogP contribution in [-0.2, 0) is 0 Å². The summed E-state index contributed by atoms with van der Waals surface area (Å²) in [5.41, 5.74) is 5.26. The number of hydrogen-bond acceptors (Lipinski definition) is 4. The highest BCUT2D eigenvalue weighted by Gasteiger charge is 2.33. The van der Waals surface area contributed by atoms with Crippen LogP contribution in [0.3, 0.4) is 0 Å². The van der Waals surface area contributed by atoms with Gasteiger partial charge in [0.15, 0.2) is 6.29 Å². The smallest absolute Gasteiger partial charge is 0.193 e. The number of hydrogen-bond donors (Lipinski definition) is 2. The molecule has 4 nitrogen and oxygen atoms in total. The third-order valence-corrected chi connectivity index (χ3v) is 6.14. The van der Waals surface area contributed by atoms with Gasteiger partial charge in [-0.3, -0.25) is 10.3 Å². The van der Waals surface area contributed by atoms with E-state index >= 15 is 0 Å². The van der Waals surface area contributed by atoms with E-state index in [9.17, 15) is 0 Å². The molecule has 1 heterocycles. The van der Waals surface area contributed by atoms with Gasteiger partial charge in [-0.25, -0.2) is 4.99 Å². The predicted molar refractivity (Wildman–Crippen MR) is 127 cm³/mol. The molecular formula is C26H34N4. The molecule has 0 amide bonds. The lowest BCUT2D eigenvalue weighted by molar-refractivity contribution is 0.507. The molecule has 1 aliphatic carbocycles. The number of nitrogens with one attached hydrogen (secondary N) is 2. The van der Waals surface area contributed by atoms with Crippen LogP contribution in [0.15, 0.2) is 64.6 Å². The standard InChI is InChI=1S/C26H34N4/c1-2-3-9-15-27-16-10-17-28-26-29-19-21-18-24(20-11-5-4-6-12-20)22-13-7-8-14-23(22)25(21)30-26/h4-8,11-14,19,21,24,26-28H,2-3,9-10,15-18H2,1H3. The number of aliphatic imine (C=N–C) groups is 2. The van der Waals surface area contributed by atoms with Gasteiger partial charge in [0.2, 0.25) is 0 Å². The lowest BCUT2D eigenvalue weighted by Crippen LogP contribution is -2.37. The van der Waals surface area contributed by atoms with Crippen LogP contribution >= 0.6 is 0 Å². The van der Waals surface area contributed by atoms with E-state index in [0.717, 1.165) is 32.5 Å². The lowest BCUT2D eigenvalue weighted by Gasteiger charge is -2.34. The molecule has 0 fully saturated rings. The fourth-order valence-corrected chi connectivity index (χ4v) is 4.54. The molecule has 0 saturated heterocycles. The Labute approximate surface area is 180 Å². The Morgan fingerprint density at radius 2 is 1.70 bits per heavy atom. The van der Waals surface area contributed by atoms with E-state index in [1.807, 2.05) is 0 Å². The van der Waals surface area contributed by atoms with Crippen LogP contribution in [0.2, 0.25) is 0 Å². The average Bonchev–Trinajstić information content (AvgIpc) is 2.81. The molecule has 2 aromatic carbocycles. The van der Waals surface area contributed by atoms with Crippen LogP contribution in [0.25, 0.3) is 0 Å².